The molecule has 1 aliphatic rings. The number of ether oxygens (including phenoxy) is 3. The molecular formula is C31H54IN3O5. The molecule has 1 aromatic rings. The van der Waals surface area contributed by atoms with Gasteiger partial charge in [0.1, 0.15) is 6.61 Å². The van der Waals surface area contributed by atoms with E-state index in [0.29, 0.717) is 32.7 Å². The number of aromatic nitrogens is 1. The molecule has 0 aliphatic carbocycles. The zero-order chi connectivity index (χ0) is 27.8. The number of rotatable bonds is 22. The van der Waals surface area contributed by atoms with Crippen molar-refractivity contribution in [1.82, 2.24) is 15.6 Å². The number of unbranched alkanes of at least 4 members (excludes halogenated alkanes) is 14. The molecular weight excluding hydrogens is 621 g/mol. The Morgan fingerprint density at radius 3 is 2.00 bits per heavy atom. The number of carbonyl (C=O) groups excluding carboxylic acids is 2. The Kier molecular flexibility index (Phi) is 22.9. The third-order valence-corrected chi connectivity index (χ3v) is 7.20. The molecule has 0 aromatic carbocycles. The Morgan fingerprint density at radius 2 is 1.40 bits per heavy atom. The third-order valence-electron chi connectivity index (χ3n) is 7.20. The average molecular weight is 676 g/mol. The van der Waals surface area contributed by atoms with Crippen molar-refractivity contribution >= 4 is 36.2 Å². The molecule has 1 aliphatic heterocycles. The first-order valence-electron chi connectivity index (χ1n) is 15.5. The predicted octanol–water partition coefficient (Wildman–Crippen LogP) is 7.93. The largest absolute Gasteiger partial charge is 0.449 e. The quantitative estimate of drug-likeness (QED) is 0.0957. The van der Waals surface area contributed by atoms with Crippen molar-refractivity contribution in [2.24, 2.45) is 5.92 Å². The third kappa shape index (κ3) is 19.5. The highest BCUT2D eigenvalue weighted by atomic mass is 127. The molecule has 0 bridgehead atoms. The number of alkyl carbamates (subject to hydrolysis) is 2. The fourth-order valence-corrected chi connectivity index (χ4v) is 4.83. The highest BCUT2D eigenvalue weighted by molar-refractivity contribution is 14.0. The molecule has 1 fully saturated rings. The fraction of sp³-hybridized carbons (Fsp3) is 0.774. The SMILES string of the molecule is CCCCCCCCCCCCCCCCCNC(=O)OCC1COC(COC(=O)NCc2ccccn2)C1.I. The summed E-state index contributed by atoms with van der Waals surface area (Å²) in [5.41, 5.74) is 0.765. The molecule has 0 radical (unpaired) electrons. The van der Waals surface area contributed by atoms with Crippen LogP contribution in [0.1, 0.15) is 115 Å². The number of amides is 2. The van der Waals surface area contributed by atoms with Crippen LogP contribution in [0.15, 0.2) is 24.4 Å². The minimum atomic E-state index is -0.498. The maximum absolute atomic E-state index is 12.0. The van der Waals surface area contributed by atoms with Crippen LogP contribution in [0.3, 0.4) is 0 Å². The Morgan fingerprint density at radius 1 is 0.825 bits per heavy atom. The number of halogens is 1. The Bertz CT molecular complexity index is 756. The van der Waals surface area contributed by atoms with Crippen LogP contribution in [0.2, 0.25) is 0 Å². The molecule has 40 heavy (non-hydrogen) atoms. The van der Waals surface area contributed by atoms with Crippen LogP contribution in [-0.2, 0) is 20.8 Å². The van der Waals surface area contributed by atoms with Gasteiger partial charge in [0.2, 0.25) is 0 Å². The summed E-state index contributed by atoms with van der Waals surface area (Å²) in [6, 6.07) is 5.53. The van der Waals surface area contributed by atoms with Crippen LogP contribution in [0.5, 0.6) is 0 Å². The van der Waals surface area contributed by atoms with E-state index >= 15 is 0 Å². The summed E-state index contributed by atoms with van der Waals surface area (Å²) in [4.78, 5) is 28.0. The minimum Gasteiger partial charge on any atom is -0.449 e. The van der Waals surface area contributed by atoms with E-state index in [-0.39, 0.29) is 48.7 Å². The molecule has 2 N–H and O–H groups in total. The predicted molar refractivity (Wildman–Crippen MR) is 170 cm³/mol. The monoisotopic (exact) mass is 675 g/mol. The van der Waals surface area contributed by atoms with Gasteiger partial charge in [-0.05, 0) is 25.0 Å². The molecule has 2 atom stereocenters. The molecule has 8 nitrogen and oxygen atoms in total. The maximum Gasteiger partial charge on any atom is 0.407 e. The van der Waals surface area contributed by atoms with Gasteiger partial charge in [0, 0.05) is 18.7 Å². The Hall–Kier alpha value is -1.62. The molecule has 2 heterocycles. The van der Waals surface area contributed by atoms with Crippen LogP contribution in [-0.4, -0.2) is 49.6 Å². The van der Waals surface area contributed by atoms with Crippen molar-refractivity contribution < 1.29 is 23.8 Å². The highest BCUT2D eigenvalue weighted by Gasteiger charge is 2.27. The molecule has 2 amide bonds. The smallest absolute Gasteiger partial charge is 0.407 e. The number of pyridine rings is 1. The summed E-state index contributed by atoms with van der Waals surface area (Å²) in [6.07, 6.45) is 21.3. The lowest BCUT2D eigenvalue weighted by Crippen LogP contribution is -2.28. The van der Waals surface area contributed by atoms with Gasteiger partial charge in [-0.25, -0.2) is 9.59 Å². The zero-order valence-electron chi connectivity index (χ0n) is 24.7. The first kappa shape index (κ1) is 36.4. The van der Waals surface area contributed by atoms with E-state index in [0.717, 1.165) is 18.5 Å². The van der Waals surface area contributed by atoms with Crippen molar-refractivity contribution in [2.45, 2.75) is 122 Å². The molecule has 230 valence electrons. The zero-order valence-corrected chi connectivity index (χ0v) is 27.0. The van der Waals surface area contributed by atoms with Gasteiger partial charge in [-0.15, -0.1) is 24.0 Å². The summed E-state index contributed by atoms with van der Waals surface area (Å²) >= 11 is 0. The van der Waals surface area contributed by atoms with Crippen molar-refractivity contribution in [1.29, 1.82) is 0 Å². The van der Waals surface area contributed by atoms with Gasteiger partial charge < -0.3 is 24.8 Å². The van der Waals surface area contributed by atoms with Gasteiger partial charge in [0.25, 0.3) is 0 Å². The fourth-order valence-electron chi connectivity index (χ4n) is 4.83. The van der Waals surface area contributed by atoms with Gasteiger partial charge in [0.05, 0.1) is 31.6 Å². The Labute approximate surface area is 259 Å². The lowest BCUT2D eigenvalue weighted by molar-refractivity contribution is 0.0410. The van der Waals surface area contributed by atoms with E-state index in [1.54, 1.807) is 6.20 Å². The summed E-state index contributed by atoms with van der Waals surface area (Å²) in [7, 11) is 0. The molecule has 2 unspecified atom stereocenters. The molecule has 0 saturated carbocycles. The van der Waals surface area contributed by atoms with Crippen LogP contribution in [0.4, 0.5) is 9.59 Å². The number of carbonyl (C=O) groups is 2. The second-order valence-corrected chi connectivity index (χ2v) is 10.8. The van der Waals surface area contributed by atoms with Crippen molar-refractivity contribution in [3.05, 3.63) is 30.1 Å². The lowest BCUT2D eigenvalue weighted by atomic mass is 10.0. The van der Waals surface area contributed by atoms with Gasteiger partial charge >= 0.3 is 12.2 Å². The molecule has 1 saturated heterocycles. The van der Waals surface area contributed by atoms with Crippen LogP contribution < -0.4 is 10.6 Å². The first-order chi connectivity index (χ1) is 19.2. The Balaban J connectivity index is 0.00000800. The van der Waals surface area contributed by atoms with E-state index in [2.05, 4.69) is 22.5 Å². The van der Waals surface area contributed by atoms with E-state index in [9.17, 15) is 9.59 Å². The molecule has 9 heteroatoms. The highest BCUT2D eigenvalue weighted by Crippen LogP contribution is 2.20. The van der Waals surface area contributed by atoms with E-state index < -0.39 is 6.09 Å². The number of hydrogen-bond acceptors (Lipinski definition) is 6. The second-order valence-electron chi connectivity index (χ2n) is 10.8. The van der Waals surface area contributed by atoms with Gasteiger partial charge in [-0.2, -0.15) is 0 Å². The minimum absolute atomic E-state index is 0. The van der Waals surface area contributed by atoms with Crippen molar-refractivity contribution in [2.75, 3.05) is 26.4 Å². The standard InChI is InChI=1S/C31H53N3O5.HI/c1-2-3-4-5-6-7-8-9-10-11-12-13-14-15-17-21-33-30(35)38-25-27-22-29(37-24-27)26-39-31(36)34-23-28-19-16-18-20-32-28;/h16,18-20,27,29H,2-15,17,21-26H2,1H3,(H,33,35)(H,34,36);1H. The van der Waals surface area contributed by atoms with E-state index in [1.165, 1.54) is 83.5 Å². The van der Waals surface area contributed by atoms with Crippen molar-refractivity contribution in [3.63, 3.8) is 0 Å². The summed E-state index contributed by atoms with van der Waals surface area (Å²) < 4.78 is 16.3. The topological polar surface area (TPSA) is 98.8 Å². The van der Waals surface area contributed by atoms with Gasteiger partial charge in [0.15, 0.2) is 0 Å². The summed E-state index contributed by atoms with van der Waals surface area (Å²) in [6.45, 7) is 4.23. The van der Waals surface area contributed by atoms with Crippen LogP contribution in [0, 0.1) is 5.92 Å². The molecule has 0 spiro atoms. The van der Waals surface area contributed by atoms with Gasteiger partial charge in [-0.3, -0.25) is 4.98 Å². The lowest BCUT2D eigenvalue weighted by Gasteiger charge is -2.12. The molecule has 1 aromatic heterocycles. The summed E-state index contributed by atoms with van der Waals surface area (Å²) in [5.74, 6) is 0.117. The maximum atomic E-state index is 12.0. The van der Waals surface area contributed by atoms with Crippen LogP contribution in [0.25, 0.3) is 0 Å². The molecule has 2 rings (SSSR count). The van der Waals surface area contributed by atoms with Crippen molar-refractivity contribution in [3.8, 4) is 0 Å². The van der Waals surface area contributed by atoms with Crippen LogP contribution >= 0.6 is 24.0 Å². The number of nitrogens with zero attached hydrogens (tertiary/aromatic N) is 1. The number of hydrogen-bond donors (Lipinski definition) is 2. The van der Waals surface area contributed by atoms with E-state index in [1.807, 2.05) is 18.2 Å². The van der Waals surface area contributed by atoms with E-state index in [4.69, 9.17) is 14.2 Å². The normalized spacial score (nSPS) is 16.2. The second kappa shape index (κ2) is 25.1. The number of nitrogens with one attached hydrogen (secondary N) is 2. The first-order valence-corrected chi connectivity index (χ1v) is 15.5. The van der Waals surface area contributed by atoms with Gasteiger partial charge in [-0.1, -0.05) is 103 Å². The summed E-state index contributed by atoms with van der Waals surface area (Å²) in [5, 5.41) is 5.52. The average Bonchev–Trinajstić information content (AvgIpc) is 3.42.